The molecule has 0 aliphatic heterocycles. The molecule has 0 saturated heterocycles. The molecular formula is C9H9BrN2S. The Morgan fingerprint density at radius 2 is 2.15 bits per heavy atom. The first-order chi connectivity index (χ1) is 6.09. The minimum atomic E-state index is 0.635. The maximum absolute atomic E-state index is 5.65. The minimum Gasteiger partial charge on any atom is -0.375 e. The molecule has 13 heavy (non-hydrogen) atoms. The topological polar surface area (TPSA) is 38.9 Å². The van der Waals surface area contributed by atoms with Gasteiger partial charge in [0, 0.05) is 4.47 Å². The number of rotatable bonds is 0. The molecular weight excluding hydrogens is 248 g/mol. The summed E-state index contributed by atoms with van der Waals surface area (Å²) in [5, 5.41) is 0.635. The van der Waals surface area contributed by atoms with Gasteiger partial charge in [-0.1, -0.05) is 27.3 Å². The fraction of sp³-hybridized carbons (Fsp3) is 0.222. The second kappa shape index (κ2) is 2.96. The van der Waals surface area contributed by atoms with Crippen molar-refractivity contribution in [1.29, 1.82) is 0 Å². The van der Waals surface area contributed by atoms with E-state index >= 15 is 0 Å². The average Bonchev–Trinajstić information content (AvgIpc) is 2.42. The van der Waals surface area contributed by atoms with Crippen LogP contribution in [-0.2, 0) is 0 Å². The van der Waals surface area contributed by atoms with Crippen LogP contribution in [0.25, 0.3) is 10.2 Å². The van der Waals surface area contributed by atoms with E-state index in [9.17, 15) is 0 Å². The predicted molar refractivity (Wildman–Crippen MR) is 61.2 cm³/mol. The fourth-order valence-electron chi connectivity index (χ4n) is 1.38. The first-order valence-corrected chi connectivity index (χ1v) is 5.52. The minimum absolute atomic E-state index is 0.635. The maximum Gasteiger partial charge on any atom is 0.181 e. The van der Waals surface area contributed by atoms with Crippen LogP contribution in [0.1, 0.15) is 11.1 Å². The van der Waals surface area contributed by atoms with Crippen molar-refractivity contribution in [3.63, 3.8) is 0 Å². The third-order valence-corrected chi connectivity index (χ3v) is 4.10. The van der Waals surface area contributed by atoms with Crippen molar-refractivity contribution in [1.82, 2.24) is 4.98 Å². The number of aromatic nitrogens is 1. The van der Waals surface area contributed by atoms with Crippen molar-refractivity contribution in [3.8, 4) is 0 Å². The molecule has 2 aromatic rings. The van der Waals surface area contributed by atoms with Crippen LogP contribution in [0.4, 0.5) is 5.13 Å². The highest BCUT2D eigenvalue weighted by molar-refractivity contribution is 9.10. The van der Waals surface area contributed by atoms with Gasteiger partial charge in [-0.3, -0.25) is 0 Å². The van der Waals surface area contributed by atoms with Gasteiger partial charge in [0.05, 0.1) is 10.2 Å². The van der Waals surface area contributed by atoms with Crippen molar-refractivity contribution in [2.45, 2.75) is 13.8 Å². The molecule has 68 valence electrons. The third-order valence-electron chi connectivity index (χ3n) is 2.05. The van der Waals surface area contributed by atoms with Crippen LogP contribution in [0.2, 0.25) is 0 Å². The Hall–Kier alpha value is -0.610. The maximum atomic E-state index is 5.65. The summed E-state index contributed by atoms with van der Waals surface area (Å²) in [5.74, 6) is 0. The molecule has 2 nitrogen and oxygen atoms in total. The van der Waals surface area contributed by atoms with Crippen molar-refractivity contribution in [2.24, 2.45) is 0 Å². The SMILES string of the molecule is Cc1cc2sc(N)nc2c(C)c1Br. The Balaban J connectivity index is 2.92. The van der Waals surface area contributed by atoms with Gasteiger partial charge in [0.2, 0.25) is 0 Å². The summed E-state index contributed by atoms with van der Waals surface area (Å²) in [6.07, 6.45) is 0. The van der Waals surface area contributed by atoms with E-state index in [0.717, 1.165) is 14.7 Å². The summed E-state index contributed by atoms with van der Waals surface area (Å²) in [7, 11) is 0. The first-order valence-electron chi connectivity index (χ1n) is 3.91. The summed E-state index contributed by atoms with van der Waals surface area (Å²) in [4.78, 5) is 4.28. The second-order valence-electron chi connectivity index (χ2n) is 3.03. The van der Waals surface area contributed by atoms with Gasteiger partial charge in [-0.05, 0) is 31.0 Å². The molecule has 1 aromatic carbocycles. The van der Waals surface area contributed by atoms with Crippen molar-refractivity contribution >= 4 is 42.6 Å². The molecule has 0 amide bonds. The van der Waals surface area contributed by atoms with Gasteiger partial charge in [0.15, 0.2) is 5.13 Å². The highest BCUT2D eigenvalue weighted by Crippen LogP contribution is 2.32. The quantitative estimate of drug-likeness (QED) is 0.786. The van der Waals surface area contributed by atoms with Gasteiger partial charge >= 0.3 is 0 Å². The average molecular weight is 257 g/mol. The molecule has 0 radical (unpaired) electrons. The van der Waals surface area contributed by atoms with E-state index in [0.29, 0.717) is 5.13 Å². The molecule has 0 unspecified atom stereocenters. The van der Waals surface area contributed by atoms with E-state index in [1.807, 2.05) is 0 Å². The molecule has 1 heterocycles. The molecule has 0 aliphatic carbocycles. The van der Waals surface area contributed by atoms with Gasteiger partial charge in [0.1, 0.15) is 0 Å². The summed E-state index contributed by atoms with van der Waals surface area (Å²) < 4.78 is 2.29. The summed E-state index contributed by atoms with van der Waals surface area (Å²) in [5.41, 5.74) is 9.07. The number of nitrogen functional groups attached to an aromatic ring is 1. The Labute approximate surface area is 88.9 Å². The van der Waals surface area contributed by atoms with Crippen LogP contribution in [-0.4, -0.2) is 4.98 Å². The molecule has 0 fully saturated rings. The van der Waals surface area contributed by atoms with Crippen LogP contribution in [0.15, 0.2) is 10.5 Å². The van der Waals surface area contributed by atoms with E-state index < -0.39 is 0 Å². The van der Waals surface area contributed by atoms with E-state index in [4.69, 9.17) is 5.73 Å². The van der Waals surface area contributed by atoms with Gasteiger partial charge in [-0.15, -0.1) is 0 Å². The zero-order valence-corrected chi connectivity index (χ0v) is 9.79. The number of halogens is 1. The van der Waals surface area contributed by atoms with Crippen molar-refractivity contribution in [2.75, 3.05) is 5.73 Å². The van der Waals surface area contributed by atoms with Crippen LogP contribution in [0, 0.1) is 13.8 Å². The largest absolute Gasteiger partial charge is 0.375 e. The van der Waals surface area contributed by atoms with E-state index in [1.54, 1.807) is 0 Å². The predicted octanol–water partition coefficient (Wildman–Crippen LogP) is 3.26. The van der Waals surface area contributed by atoms with Crippen molar-refractivity contribution < 1.29 is 0 Å². The number of aryl methyl sites for hydroxylation is 2. The zero-order chi connectivity index (χ0) is 9.59. The number of hydrogen-bond donors (Lipinski definition) is 1. The number of thiazole rings is 1. The van der Waals surface area contributed by atoms with Gasteiger partial charge in [-0.2, -0.15) is 0 Å². The lowest BCUT2D eigenvalue weighted by Crippen LogP contribution is -1.84. The number of benzene rings is 1. The lowest BCUT2D eigenvalue weighted by atomic mass is 10.1. The normalized spacial score (nSPS) is 11.0. The van der Waals surface area contributed by atoms with Crippen LogP contribution >= 0.6 is 27.3 Å². The lowest BCUT2D eigenvalue weighted by molar-refractivity contribution is 1.35. The lowest BCUT2D eigenvalue weighted by Gasteiger charge is -2.02. The molecule has 2 rings (SSSR count). The molecule has 0 bridgehead atoms. The first kappa shape index (κ1) is 8.97. The zero-order valence-electron chi connectivity index (χ0n) is 7.39. The van der Waals surface area contributed by atoms with Gasteiger partial charge < -0.3 is 5.73 Å². The number of nitrogens with zero attached hydrogens (tertiary/aromatic N) is 1. The highest BCUT2D eigenvalue weighted by atomic mass is 79.9. The van der Waals surface area contributed by atoms with Crippen LogP contribution in [0.5, 0.6) is 0 Å². The highest BCUT2D eigenvalue weighted by Gasteiger charge is 2.08. The molecule has 2 N–H and O–H groups in total. The third kappa shape index (κ3) is 1.34. The molecule has 4 heteroatoms. The smallest absolute Gasteiger partial charge is 0.181 e. The van der Waals surface area contributed by atoms with E-state index in [-0.39, 0.29) is 0 Å². The number of anilines is 1. The monoisotopic (exact) mass is 256 g/mol. The van der Waals surface area contributed by atoms with Crippen LogP contribution in [0.3, 0.4) is 0 Å². The number of nitrogens with two attached hydrogens (primary N) is 1. The fourth-order valence-corrected chi connectivity index (χ4v) is 2.57. The van der Waals surface area contributed by atoms with E-state index in [2.05, 4.69) is 40.8 Å². The number of hydrogen-bond acceptors (Lipinski definition) is 3. The Bertz CT molecular complexity index is 476. The van der Waals surface area contributed by atoms with Crippen LogP contribution < -0.4 is 5.73 Å². The standard InChI is InChI=1S/C9H9BrN2S/c1-4-3-6-8(5(2)7(4)10)12-9(11)13-6/h3H,1-2H3,(H2,11,12). The molecule has 0 atom stereocenters. The Kier molecular flexibility index (Phi) is 2.04. The molecule has 0 spiro atoms. The van der Waals surface area contributed by atoms with E-state index in [1.165, 1.54) is 22.5 Å². The summed E-state index contributed by atoms with van der Waals surface area (Å²) in [6.45, 7) is 4.13. The number of fused-ring (bicyclic) bond motifs is 1. The van der Waals surface area contributed by atoms with Gasteiger partial charge in [0.25, 0.3) is 0 Å². The molecule has 0 saturated carbocycles. The molecule has 0 aliphatic rings. The van der Waals surface area contributed by atoms with Gasteiger partial charge in [-0.25, -0.2) is 4.98 Å². The Morgan fingerprint density at radius 3 is 2.85 bits per heavy atom. The Morgan fingerprint density at radius 1 is 1.46 bits per heavy atom. The summed E-state index contributed by atoms with van der Waals surface area (Å²) in [6, 6.07) is 2.11. The second-order valence-corrected chi connectivity index (χ2v) is 4.89. The molecule has 1 aromatic heterocycles. The summed E-state index contributed by atoms with van der Waals surface area (Å²) >= 11 is 5.07. The van der Waals surface area contributed by atoms with Crippen molar-refractivity contribution in [3.05, 3.63) is 21.7 Å².